The zero-order valence-electron chi connectivity index (χ0n) is 7.24. The maximum Gasteiger partial charge on any atom is 0.130 e. The van der Waals surface area contributed by atoms with Crippen molar-refractivity contribution in [3.63, 3.8) is 0 Å². The monoisotopic (exact) mass is 245 g/mol. The first-order valence-corrected chi connectivity index (χ1v) is 4.73. The van der Waals surface area contributed by atoms with Crippen molar-refractivity contribution in [3.8, 4) is 5.75 Å². The van der Waals surface area contributed by atoms with Gasteiger partial charge >= 0.3 is 0 Å². The number of aliphatic hydroxyl groups is 1. The van der Waals surface area contributed by atoms with Crippen LogP contribution in [0.4, 0.5) is 0 Å². The molecule has 0 saturated heterocycles. The van der Waals surface area contributed by atoms with Gasteiger partial charge in [-0.2, -0.15) is 0 Å². The highest BCUT2D eigenvalue weighted by Gasteiger charge is 2.12. The number of phenolic OH excluding ortho intramolecular Hbond substituents is 1. The fourth-order valence-corrected chi connectivity index (χ4v) is 1.26. The molecule has 0 amide bonds. The van der Waals surface area contributed by atoms with Crippen LogP contribution in [0.3, 0.4) is 0 Å². The first-order chi connectivity index (χ1) is 6.02. The molecule has 0 radical (unpaired) electrons. The Balaban J connectivity index is 2.97. The lowest BCUT2D eigenvalue weighted by Gasteiger charge is -2.15. The second-order valence-corrected chi connectivity index (χ2v) is 3.83. The predicted molar refractivity (Wildman–Crippen MR) is 54.4 cm³/mol. The Morgan fingerprint density at radius 1 is 1.46 bits per heavy atom. The van der Waals surface area contributed by atoms with Crippen molar-refractivity contribution in [1.82, 2.24) is 0 Å². The largest absolute Gasteiger partial charge is 0.507 e. The molecule has 0 fully saturated rings. The first-order valence-electron chi connectivity index (χ1n) is 3.94. The molecule has 72 valence electrons. The lowest BCUT2D eigenvalue weighted by Crippen LogP contribution is -2.22. The SMILES string of the molecule is C[C@@H](O)[C@@H](N)c1ccc(Br)c(O)c1. The summed E-state index contributed by atoms with van der Waals surface area (Å²) < 4.78 is 0.619. The zero-order chi connectivity index (χ0) is 10.0. The Hall–Kier alpha value is -0.580. The highest BCUT2D eigenvalue weighted by molar-refractivity contribution is 9.10. The van der Waals surface area contributed by atoms with E-state index in [1.54, 1.807) is 25.1 Å². The van der Waals surface area contributed by atoms with E-state index >= 15 is 0 Å². The Bertz CT molecular complexity index is 302. The molecule has 0 saturated carbocycles. The van der Waals surface area contributed by atoms with E-state index in [1.165, 1.54) is 0 Å². The van der Waals surface area contributed by atoms with E-state index in [-0.39, 0.29) is 5.75 Å². The molecular weight excluding hydrogens is 234 g/mol. The molecule has 2 atom stereocenters. The van der Waals surface area contributed by atoms with Crippen molar-refractivity contribution in [2.24, 2.45) is 5.73 Å². The van der Waals surface area contributed by atoms with Crippen LogP contribution in [-0.2, 0) is 0 Å². The quantitative estimate of drug-likeness (QED) is 0.741. The number of rotatable bonds is 2. The summed E-state index contributed by atoms with van der Waals surface area (Å²) in [5.41, 5.74) is 6.40. The fourth-order valence-electron chi connectivity index (χ4n) is 1.02. The van der Waals surface area contributed by atoms with Gasteiger partial charge < -0.3 is 15.9 Å². The second-order valence-electron chi connectivity index (χ2n) is 2.98. The summed E-state index contributed by atoms with van der Waals surface area (Å²) in [4.78, 5) is 0. The number of phenols is 1. The number of nitrogens with two attached hydrogens (primary N) is 1. The Kier molecular flexibility index (Phi) is 3.30. The van der Waals surface area contributed by atoms with Gasteiger partial charge in [-0.3, -0.25) is 0 Å². The average Bonchev–Trinajstić information content (AvgIpc) is 2.08. The Morgan fingerprint density at radius 3 is 2.54 bits per heavy atom. The van der Waals surface area contributed by atoms with E-state index in [0.29, 0.717) is 4.47 Å². The van der Waals surface area contributed by atoms with E-state index in [9.17, 15) is 10.2 Å². The molecule has 0 heterocycles. The molecule has 1 aromatic rings. The smallest absolute Gasteiger partial charge is 0.130 e. The van der Waals surface area contributed by atoms with Gasteiger partial charge in [0.15, 0.2) is 0 Å². The summed E-state index contributed by atoms with van der Waals surface area (Å²) in [7, 11) is 0. The molecular formula is C9H12BrNO2. The third kappa shape index (κ3) is 2.43. The van der Waals surface area contributed by atoms with Gasteiger partial charge in [0.2, 0.25) is 0 Å². The van der Waals surface area contributed by atoms with Crippen LogP contribution in [0.1, 0.15) is 18.5 Å². The lowest BCUT2D eigenvalue weighted by atomic mass is 10.0. The van der Waals surface area contributed by atoms with E-state index < -0.39 is 12.1 Å². The van der Waals surface area contributed by atoms with E-state index in [1.807, 2.05) is 0 Å². The average molecular weight is 246 g/mol. The minimum absolute atomic E-state index is 0.133. The molecule has 0 aromatic heterocycles. The fraction of sp³-hybridized carbons (Fsp3) is 0.333. The second kappa shape index (κ2) is 4.09. The molecule has 0 bridgehead atoms. The third-order valence-corrected chi connectivity index (χ3v) is 2.55. The van der Waals surface area contributed by atoms with Crippen molar-refractivity contribution < 1.29 is 10.2 Å². The summed E-state index contributed by atoms with van der Waals surface area (Å²) in [5, 5.41) is 18.6. The molecule has 13 heavy (non-hydrogen) atoms. The van der Waals surface area contributed by atoms with Crippen molar-refractivity contribution in [2.45, 2.75) is 19.1 Å². The van der Waals surface area contributed by atoms with Crippen LogP contribution in [0.25, 0.3) is 0 Å². The summed E-state index contributed by atoms with van der Waals surface area (Å²) in [6, 6.07) is 4.55. The van der Waals surface area contributed by atoms with Gasteiger partial charge in [-0.05, 0) is 40.5 Å². The zero-order valence-corrected chi connectivity index (χ0v) is 8.82. The number of hydrogen-bond acceptors (Lipinski definition) is 3. The van der Waals surface area contributed by atoms with E-state index in [4.69, 9.17) is 5.73 Å². The molecule has 1 rings (SSSR count). The topological polar surface area (TPSA) is 66.5 Å². The number of halogens is 1. The molecule has 4 heteroatoms. The normalized spacial score (nSPS) is 15.4. The van der Waals surface area contributed by atoms with Gasteiger partial charge in [-0.25, -0.2) is 0 Å². The van der Waals surface area contributed by atoms with Crippen molar-refractivity contribution in [2.75, 3.05) is 0 Å². The molecule has 3 nitrogen and oxygen atoms in total. The van der Waals surface area contributed by atoms with E-state index in [2.05, 4.69) is 15.9 Å². The Labute approximate surface area is 85.3 Å². The van der Waals surface area contributed by atoms with Crippen LogP contribution in [-0.4, -0.2) is 16.3 Å². The molecule has 4 N–H and O–H groups in total. The van der Waals surface area contributed by atoms with Gasteiger partial charge in [0.25, 0.3) is 0 Å². The first kappa shape index (κ1) is 10.5. The predicted octanol–water partition coefficient (Wildman–Crippen LogP) is 1.54. The van der Waals surface area contributed by atoms with Crippen molar-refractivity contribution >= 4 is 15.9 Å². The van der Waals surface area contributed by atoms with Gasteiger partial charge in [0.1, 0.15) is 5.75 Å². The summed E-state index contributed by atoms with van der Waals surface area (Å²) in [5.74, 6) is 0.133. The number of aliphatic hydroxyl groups excluding tert-OH is 1. The van der Waals surface area contributed by atoms with Gasteiger partial charge in [-0.1, -0.05) is 6.07 Å². The molecule has 0 aliphatic rings. The Morgan fingerprint density at radius 2 is 2.08 bits per heavy atom. The van der Waals surface area contributed by atoms with Gasteiger partial charge in [0, 0.05) is 0 Å². The highest BCUT2D eigenvalue weighted by Crippen LogP contribution is 2.27. The van der Waals surface area contributed by atoms with Crippen LogP contribution in [0.2, 0.25) is 0 Å². The third-order valence-electron chi connectivity index (χ3n) is 1.87. The number of hydrogen-bond donors (Lipinski definition) is 3. The van der Waals surface area contributed by atoms with Crippen LogP contribution in [0.15, 0.2) is 22.7 Å². The maximum atomic E-state index is 9.35. The molecule has 0 aliphatic heterocycles. The number of benzene rings is 1. The van der Waals surface area contributed by atoms with Crippen LogP contribution in [0.5, 0.6) is 5.75 Å². The van der Waals surface area contributed by atoms with Crippen LogP contribution >= 0.6 is 15.9 Å². The standard InChI is InChI=1S/C9H12BrNO2/c1-5(12)9(11)6-2-3-7(10)8(13)4-6/h2-5,9,12-13H,11H2,1H3/t5-,9-/m1/s1. The van der Waals surface area contributed by atoms with E-state index in [0.717, 1.165) is 5.56 Å². The van der Waals surface area contributed by atoms with Crippen molar-refractivity contribution in [1.29, 1.82) is 0 Å². The highest BCUT2D eigenvalue weighted by atomic mass is 79.9. The molecule has 0 aliphatic carbocycles. The molecule has 1 aromatic carbocycles. The van der Waals surface area contributed by atoms with Gasteiger partial charge in [-0.15, -0.1) is 0 Å². The number of aromatic hydroxyl groups is 1. The summed E-state index contributed by atoms with van der Waals surface area (Å²) in [6.07, 6.45) is -0.624. The van der Waals surface area contributed by atoms with Crippen LogP contribution < -0.4 is 5.73 Å². The van der Waals surface area contributed by atoms with Crippen LogP contribution in [0, 0.1) is 0 Å². The minimum atomic E-state index is -0.624. The summed E-state index contributed by atoms with van der Waals surface area (Å²) >= 11 is 3.16. The minimum Gasteiger partial charge on any atom is -0.507 e. The van der Waals surface area contributed by atoms with Crippen molar-refractivity contribution in [3.05, 3.63) is 28.2 Å². The lowest BCUT2D eigenvalue weighted by molar-refractivity contribution is 0.164. The molecule has 0 unspecified atom stereocenters. The molecule has 0 spiro atoms. The summed E-state index contributed by atoms with van der Waals surface area (Å²) in [6.45, 7) is 1.61. The maximum absolute atomic E-state index is 9.35. The van der Waals surface area contributed by atoms with Gasteiger partial charge in [0.05, 0.1) is 16.6 Å².